The third-order valence-corrected chi connectivity index (χ3v) is 3.14. The van der Waals surface area contributed by atoms with Crippen LogP contribution in [0.4, 0.5) is 11.4 Å². The molecular formula is C13H20BrN3O. The first kappa shape index (κ1) is 14.8. The van der Waals surface area contributed by atoms with E-state index in [0.29, 0.717) is 12.2 Å². The van der Waals surface area contributed by atoms with Crippen LogP contribution < -0.4 is 10.6 Å². The molecule has 2 N–H and O–H groups in total. The van der Waals surface area contributed by atoms with Gasteiger partial charge < -0.3 is 15.5 Å². The summed E-state index contributed by atoms with van der Waals surface area (Å²) in [6.45, 7) is 3.25. The van der Waals surface area contributed by atoms with Gasteiger partial charge >= 0.3 is 0 Å². The Kier molecular flexibility index (Phi) is 5.47. The average molecular weight is 314 g/mol. The molecule has 18 heavy (non-hydrogen) atoms. The summed E-state index contributed by atoms with van der Waals surface area (Å²) < 4.78 is 0.944. The molecule has 0 heterocycles. The Morgan fingerprint density at radius 2 is 2.06 bits per heavy atom. The van der Waals surface area contributed by atoms with Gasteiger partial charge in [0.1, 0.15) is 0 Å². The van der Waals surface area contributed by atoms with Gasteiger partial charge in [0.2, 0.25) is 5.91 Å². The number of halogens is 1. The van der Waals surface area contributed by atoms with Crippen LogP contribution in [-0.2, 0) is 4.79 Å². The number of rotatable bonds is 5. The van der Waals surface area contributed by atoms with Gasteiger partial charge in [-0.2, -0.15) is 0 Å². The molecular weight excluding hydrogens is 294 g/mol. The quantitative estimate of drug-likeness (QED) is 0.849. The zero-order valence-corrected chi connectivity index (χ0v) is 12.7. The second-order valence-electron chi connectivity index (χ2n) is 4.41. The van der Waals surface area contributed by atoms with E-state index < -0.39 is 0 Å². The summed E-state index contributed by atoms with van der Waals surface area (Å²) >= 11 is 3.38. The van der Waals surface area contributed by atoms with Gasteiger partial charge in [0.25, 0.3) is 0 Å². The van der Waals surface area contributed by atoms with Crippen molar-refractivity contribution >= 4 is 33.2 Å². The molecule has 1 aromatic rings. The molecule has 0 saturated heterocycles. The maximum Gasteiger partial charge on any atom is 0.241 e. The molecule has 0 unspecified atom stereocenters. The summed E-state index contributed by atoms with van der Waals surface area (Å²) in [6.07, 6.45) is 0.968. The van der Waals surface area contributed by atoms with Crippen molar-refractivity contribution in [1.82, 2.24) is 4.90 Å². The Balaban J connectivity index is 2.93. The highest BCUT2D eigenvalue weighted by Crippen LogP contribution is 2.26. The minimum atomic E-state index is 0.0748. The molecule has 0 radical (unpaired) electrons. The van der Waals surface area contributed by atoms with Crippen LogP contribution in [0.25, 0.3) is 0 Å². The number of carbonyl (C=O) groups is 1. The van der Waals surface area contributed by atoms with Gasteiger partial charge in [-0.25, -0.2) is 0 Å². The topological polar surface area (TPSA) is 49.6 Å². The summed E-state index contributed by atoms with van der Waals surface area (Å²) in [4.78, 5) is 15.4. The average Bonchev–Trinajstić information content (AvgIpc) is 2.28. The van der Waals surface area contributed by atoms with Gasteiger partial charge in [-0.15, -0.1) is 0 Å². The summed E-state index contributed by atoms with van der Waals surface area (Å²) in [7, 11) is 3.52. The maximum atomic E-state index is 11.8. The summed E-state index contributed by atoms with van der Waals surface area (Å²) in [6, 6.07) is 5.74. The Hall–Kier alpha value is -1.23. The number of benzene rings is 1. The summed E-state index contributed by atoms with van der Waals surface area (Å²) in [5.41, 5.74) is 7.60. The minimum Gasteiger partial charge on any atom is -0.397 e. The zero-order valence-electron chi connectivity index (χ0n) is 11.1. The van der Waals surface area contributed by atoms with Crippen molar-refractivity contribution < 1.29 is 4.79 Å². The molecule has 0 saturated carbocycles. The molecule has 0 aliphatic carbocycles. The number of likely N-dealkylation sites (N-methyl/N-ethyl adjacent to an activating group) is 1. The Morgan fingerprint density at radius 1 is 1.39 bits per heavy atom. The van der Waals surface area contributed by atoms with E-state index >= 15 is 0 Å². The van der Waals surface area contributed by atoms with Gasteiger partial charge in [-0.3, -0.25) is 4.79 Å². The number of carbonyl (C=O) groups excluding carboxylic acids is 1. The SMILES string of the molecule is CCCN(CC(=O)N(C)C)c1ccc(Br)cc1N. The molecule has 0 aliphatic heterocycles. The van der Waals surface area contributed by atoms with Crippen molar-refractivity contribution in [3.05, 3.63) is 22.7 Å². The molecule has 0 aliphatic rings. The predicted octanol–water partition coefficient (Wildman–Crippen LogP) is 2.34. The second kappa shape index (κ2) is 6.64. The molecule has 0 bridgehead atoms. The lowest BCUT2D eigenvalue weighted by Crippen LogP contribution is -2.37. The Morgan fingerprint density at radius 3 is 2.56 bits per heavy atom. The number of nitrogens with two attached hydrogens (primary N) is 1. The lowest BCUT2D eigenvalue weighted by molar-refractivity contribution is -0.127. The monoisotopic (exact) mass is 313 g/mol. The van der Waals surface area contributed by atoms with Gasteiger partial charge in [0, 0.05) is 25.1 Å². The molecule has 4 nitrogen and oxygen atoms in total. The molecule has 0 spiro atoms. The Bertz CT molecular complexity index is 421. The van der Waals surface area contributed by atoms with Crippen LogP contribution in [0.3, 0.4) is 0 Å². The van der Waals surface area contributed by atoms with Gasteiger partial charge in [-0.1, -0.05) is 22.9 Å². The van der Waals surface area contributed by atoms with Crippen LogP contribution in [0.15, 0.2) is 22.7 Å². The largest absolute Gasteiger partial charge is 0.397 e. The van der Waals surface area contributed by atoms with E-state index in [0.717, 1.165) is 23.1 Å². The van der Waals surface area contributed by atoms with E-state index in [-0.39, 0.29) is 5.91 Å². The highest BCUT2D eigenvalue weighted by molar-refractivity contribution is 9.10. The second-order valence-corrected chi connectivity index (χ2v) is 5.33. The zero-order chi connectivity index (χ0) is 13.7. The summed E-state index contributed by atoms with van der Waals surface area (Å²) in [5.74, 6) is 0.0748. The third-order valence-electron chi connectivity index (χ3n) is 2.65. The van der Waals surface area contributed by atoms with Crippen LogP contribution in [-0.4, -0.2) is 38.0 Å². The standard InChI is InChI=1S/C13H20BrN3O/c1-4-7-17(9-13(18)16(2)3)12-6-5-10(14)8-11(12)15/h5-6,8H,4,7,9,15H2,1-3H3. The lowest BCUT2D eigenvalue weighted by atomic mass is 10.2. The van der Waals surface area contributed by atoms with E-state index in [1.165, 1.54) is 0 Å². The van der Waals surface area contributed by atoms with E-state index in [1.54, 1.807) is 19.0 Å². The fourth-order valence-corrected chi connectivity index (χ4v) is 2.05. The van der Waals surface area contributed by atoms with Crippen molar-refractivity contribution in [3.8, 4) is 0 Å². The Labute approximate surface area is 117 Å². The normalized spacial score (nSPS) is 10.2. The van der Waals surface area contributed by atoms with Gasteiger partial charge in [0.05, 0.1) is 17.9 Å². The molecule has 5 heteroatoms. The van der Waals surface area contributed by atoms with Crippen molar-refractivity contribution in [2.24, 2.45) is 0 Å². The minimum absolute atomic E-state index is 0.0748. The molecule has 0 atom stereocenters. The third kappa shape index (κ3) is 3.91. The highest BCUT2D eigenvalue weighted by atomic mass is 79.9. The van der Waals surface area contributed by atoms with E-state index in [4.69, 9.17) is 5.73 Å². The number of nitrogens with zero attached hydrogens (tertiary/aromatic N) is 2. The molecule has 100 valence electrons. The van der Waals surface area contributed by atoms with Crippen molar-refractivity contribution in [2.45, 2.75) is 13.3 Å². The van der Waals surface area contributed by atoms with Crippen LogP contribution in [0.1, 0.15) is 13.3 Å². The van der Waals surface area contributed by atoms with Crippen LogP contribution >= 0.6 is 15.9 Å². The van der Waals surface area contributed by atoms with Crippen molar-refractivity contribution in [1.29, 1.82) is 0 Å². The number of anilines is 2. The summed E-state index contributed by atoms with van der Waals surface area (Å²) in [5, 5.41) is 0. The first-order valence-electron chi connectivity index (χ1n) is 5.95. The lowest BCUT2D eigenvalue weighted by Gasteiger charge is -2.26. The predicted molar refractivity (Wildman–Crippen MR) is 79.8 cm³/mol. The molecule has 1 amide bonds. The fraction of sp³-hybridized carbons (Fsp3) is 0.462. The number of hydrogen-bond acceptors (Lipinski definition) is 3. The number of hydrogen-bond donors (Lipinski definition) is 1. The van der Waals surface area contributed by atoms with Crippen LogP contribution in [0.5, 0.6) is 0 Å². The maximum absolute atomic E-state index is 11.8. The van der Waals surface area contributed by atoms with Crippen LogP contribution in [0.2, 0.25) is 0 Å². The van der Waals surface area contributed by atoms with Gasteiger partial charge in [0.15, 0.2) is 0 Å². The van der Waals surface area contributed by atoms with E-state index in [2.05, 4.69) is 22.9 Å². The van der Waals surface area contributed by atoms with E-state index in [1.807, 2.05) is 23.1 Å². The molecule has 1 rings (SSSR count). The van der Waals surface area contributed by atoms with E-state index in [9.17, 15) is 4.79 Å². The van der Waals surface area contributed by atoms with Gasteiger partial charge in [-0.05, 0) is 24.6 Å². The molecule has 0 fully saturated rings. The van der Waals surface area contributed by atoms with Crippen molar-refractivity contribution in [2.75, 3.05) is 37.8 Å². The molecule has 0 aromatic heterocycles. The molecule has 1 aromatic carbocycles. The number of nitrogen functional groups attached to an aromatic ring is 1. The van der Waals surface area contributed by atoms with Crippen molar-refractivity contribution in [3.63, 3.8) is 0 Å². The number of amides is 1. The smallest absolute Gasteiger partial charge is 0.241 e. The van der Waals surface area contributed by atoms with Crippen LogP contribution in [0, 0.1) is 0 Å². The highest BCUT2D eigenvalue weighted by Gasteiger charge is 2.14. The first-order valence-corrected chi connectivity index (χ1v) is 6.75. The first-order chi connectivity index (χ1) is 8.45. The fourth-order valence-electron chi connectivity index (χ4n) is 1.67.